The van der Waals surface area contributed by atoms with E-state index in [9.17, 15) is 0 Å². The lowest BCUT2D eigenvalue weighted by Crippen LogP contribution is -2.23. The van der Waals surface area contributed by atoms with Gasteiger partial charge in [0.1, 0.15) is 11.6 Å². The molecule has 0 aliphatic rings. The van der Waals surface area contributed by atoms with Gasteiger partial charge in [-0.1, -0.05) is 24.3 Å². The largest absolute Gasteiger partial charge is 0.496 e. The summed E-state index contributed by atoms with van der Waals surface area (Å²) >= 11 is 0. The minimum Gasteiger partial charge on any atom is -0.496 e. The number of aromatic amines is 1. The van der Waals surface area contributed by atoms with Crippen LogP contribution in [-0.4, -0.2) is 35.1 Å². The van der Waals surface area contributed by atoms with Gasteiger partial charge in [-0.2, -0.15) is 0 Å². The Hall–Kier alpha value is -2.85. The van der Waals surface area contributed by atoms with Crippen molar-refractivity contribution in [2.24, 2.45) is 0 Å². The van der Waals surface area contributed by atoms with Gasteiger partial charge >= 0.3 is 0 Å². The maximum Gasteiger partial charge on any atom is 0.138 e. The molecule has 0 saturated heterocycles. The average Bonchev–Trinajstić information content (AvgIpc) is 3.06. The second kappa shape index (κ2) is 7.81. The molecule has 4 heteroatoms. The zero-order valence-electron chi connectivity index (χ0n) is 14.5. The van der Waals surface area contributed by atoms with Gasteiger partial charge in [0.15, 0.2) is 0 Å². The Balaban J connectivity index is 1.96. The quantitative estimate of drug-likeness (QED) is 0.621. The van der Waals surface area contributed by atoms with E-state index in [0.29, 0.717) is 0 Å². The van der Waals surface area contributed by atoms with Gasteiger partial charge < -0.3 is 9.72 Å². The van der Waals surface area contributed by atoms with Gasteiger partial charge in [-0.25, -0.2) is 4.98 Å². The molecular formula is C21H23N3O. The van der Waals surface area contributed by atoms with Crippen LogP contribution in [0.2, 0.25) is 0 Å². The second-order valence-electron chi connectivity index (χ2n) is 5.90. The third-order valence-electron chi connectivity index (χ3n) is 4.11. The average molecular weight is 333 g/mol. The third-order valence-corrected chi connectivity index (χ3v) is 4.11. The highest BCUT2D eigenvalue weighted by molar-refractivity contribution is 5.79. The Bertz CT molecular complexity index is 839. The summed E-state index contributed by atoms with van der Waals surface area (Å²) in [5.41, 5.74) is 4.16. The fourth-order valence-electron chi connectivity index (χ4n) is 2.95. The molecule has 128 valence electrons. The molecule has 0 atom stereocenters. The van der Waals surface area contributed by atoms with Crippen LogP contribution in [0.3, 0.4) is 0 Å². The van der Waals surface area contributed by atoms with E-state index in [4.69, 9.17) is 4.74 Å². The summed E-state index contributed by atoms with van der Waals surface area (Å²) in [6.45, 7) is 10.0. The molecular weight excluding hydrogens is 310 g/mol. The van der Waals surface area contributed by atoms with Crippen LogP contribution >= 0.6 is 0 Å². The highest BCUT2D eigenvalue weighted by Crippen LogP contribution is 2.27. The first-order valence-electron chi connectivity index (χ1n) is 8.31. The number of imidazole rings is 1. The van der Waals surface area contributed by atoms with E-state index in [0.717, 1.165) is 53.4 Å². The minimum absolute atomic E-state index is 0.759. The SMILES string of the molecule is C=CCN(CC=C)Cc1cc(-c2nc3ccccc3[nH]2)ccc1OC. The summed E-state index contributed by atoms with van der Waals surface area (Å²) in [5.74, 6) is 1.74. The number of para-hydroxylation sites is 2. The van der Waals surface area contributed by atoms with Crippen LogP contribution in [0.1, 0.15) is 5.56 Å². The normalized spacial score (nSPS) is 11.0. The monoisotopic (exact) mass is 333 g/mol. The van der Waals surface area contributed by atoms with Gasteiger partial charge in [0, 0.05) is 30.8 Å². The molecule has 0 aliphatic carbocycles. The van der Waals surface area contributed by atoms with Gasteiger partial charge in [-0.3, -0.25) is 4.90 Å². The molecule has 2 aromatic carbocycles. The van der Waals surface area contributed by atoms with Gasteiger partial charge in [-0.15, -0.1) is 13.2 Å². The summed E-state index contributed by atoms with van der Waals surface area (Å²) in [4.78, 5) is 10.3. The Morgan fingerprint density at radius 1 is 1.12 bits per heavy atom. The van der Waals surface area contributed by atoms with E-state index in [2.05, 4.69) is 34.1 Å². The molecule has 0 unspecified atom stereocenters. The molecule has 1 heterocycles. The van der Waals surface area contributed by atoms with E-state index >= 15 is 0 Å². The fraction of sp³-hybridized carbons (Fsp3) is 0.190. The van der Waals surface area contributed by atoms with Crippen LogP contribution < -0.4 is 4.74 Å². The maximum absolute atomic E-state index is 5.54. The van der Waals surface area contributed by atoms with E-state index in [-0.39, 0.29) is 0 Å². The van der Waals surface area contributed by atoms with Crippen LogP contribution in [0, 0.1) is 0 Å². The standard InChI is InChI=1S/C21H23N3O/c1-4-12-24(13-5-2)15-17-14-16(10-11-20(17)25-3)21-22-18-8-6-7-9-19(18)23-21/h4-11,14H,1-2,12-13,15H2,3H3,(H,22,23). The summed E-state index contributed by atoms with van der Waals surface area (Å²) in [5, 5.41) is 0. The lowest BCUT2D eigenvalue weighted by atomic mass is 10.1. The molecule has 0 fully saturated rings. The minimum atomic E-state index is 0.759. The first-order valence-corrected chi connectivity index (χ1v) is 8.31. The van der Waals surface area contributed by atoms with Crippen LogP contribution in [-0.2, 0) is 6.54 Å². The molecule has 1 N–H and O–H groups in total. The predicted molar refractivity (Wildman–Crippen MR) is 104 cm³/mol. The molecule has 4 nitrogen and oxygen atoms in total. The van der Waals surface area contributed by atoms with Crippen LogP contribution in [0.25, 0.3) is 22.4 Å². The van der Waals surface area contributed by atoms with Crippen molar-refractivity contribution >= 4 is 11.0 Å². The van der Waals surface area contributed by atoms with Crippen molar-refractivity contribution in [3.05, 3.63) is 73.3 Å². The van der Waals surface area contributed by atoms with E-state index in [1.165, 1.54) is 0 Å². The molecule has 3 aromatic rings. The zero-order chi connectivity index (χ0) is 17.6. The smallest absolute Gasteiger partial charge is 0.138 e. The summed E-state index contributed by atoms with van der Waals surface area (Å²) in [7, 11) is 1.70. The summed E-state index contributed by atoms with van der Waals surface area (Å²) in [6, 6.07) is 14.2. The number of hydrogen-bond acceptors (Lipinski definition) is 3. The van der Waals surface area contributed by atoms with Gasteiger partial charge in [-0.05, 0) is 30.3 Å². The van der Waals surface area contributed by atoms with E-state index < -0.39 is 0 Å². The molecule has 0 radical (unpaired) electrons. The van der Waals surface area contributed by atoms with Crippen LogP contribution in [0.5, 0.6) is 5.75 Å². The zero-order valence-corrected chi connectivity index (χ0v) is 14.5. The number of ether oxygens (including phenoxy) is 1. The number of nitrogens with one attached hydrogen (secondary N) is 1. The number of fused-ring (bicyclic) bond motifs is 1. The number of hydrogen-bond donors (Lipinski definition) is 1. The first kappa shape index (κ1) is 17.0. The Labute approximate surface area is 148 Å². The van der Waals surface area contributed by atoms with Crippen molar-refractivity contribution in [2.75, 3.05) is 20.2 Å². The lowest BCUT2D eigenvalue weighted by Gasteiger charge is -2.20. The van der Waals surface area contributed by atoms with Gasteiger partial charge in [0.05, 0.1) is 18.1 Å². The third kappa shape index (κ3) is 3.80. The van der Waals surface area contributed by atoms with Crippen molar-refractivity contribution in [1.29, 1.82) is 0 Å². The molecule has 25 heavy (non-hydrogen) atoms. The fourth-order valence-corrected chi connectivity index (χ4v) is 2.95. The number of aromatic nitrogens is 2. The molecule has 0 bridgehead atoms. The summed E-state index contributed by atoms with van der Waals surface area (Å²) in [6.07, 6.45) is 3.80. The van der Waals surface area contributed by atoms with Crippen molar-refractivity contribution < 1.29 is 4.74 Å². The maximum atomic E-state index is 5.54. The van der Waals surface area contributed by atoms with Gasteiger partial charge in [0.25, 0.3) is 0 Å². The molecule has 3 rings (SSSR count). The van der Waals surface area contributed by atoms with Crippen molar-refractivity contribution in [2.45, 2.75) is 6.54 Å². The molecule has 0 saturated carbocycles. The first-order chi connectivity index (χ1) is 12.2. The topological polar surface area (TPSA) is 41.2 Å². The van der Waals surface area contributed by atoms with Crippen molar-refractivity contribution in [3.8, 4) is 17.1 Å². The molecule has 0 amide bonds. The predicted octanol–water partition coefficient (Wildman–Crippen LogP) is 4.41. The Morgan fingerprint density at radius 2 is 1.88 bits per heavy atom. The number of nitrogens with zero attached hydrogens (tertiary/aromatic N) is 2. The molecule has 0 aliphatic heterocycles. The number of rotatable bonds is 8. The molecule has 1 aromatic heterocycles. The molecule has 0 spiro atoms. The highest BCUT2D eigenvalue weighted by Gasteiger charge is 2.12. The van der Waals surface area contributed by atoms with Gasteiger partial charge in [0.2, 0.25) is 0 Å². The van der Waals surface area contributed by atoms with E-state index in [1.54, 1.807) is 7.11 Å². The summed E-state index contributed by atoms with van der Waals surface area (Å²) < 4.78 is 5.54. The lowest BCUT2D eigenvalue weighted by molar-refractivity contribution is 0.318. The number of methoxy groups -OCH3 is 1. The van der Waals surface area contributed by atoms with Crippen LogP contribution in [0.15, 0.2) is 67.8 Å². The Morgan fingerprint density at radius 3 is 2.56 bits per heavy atom. The highest BCUT2D eigenvalue weighted by atomic mass is 16.5. The number of H-pyrrole nitrogens is 1. The number of benzene rings is 2. The van der Waals surface area contributed by atoms with Crippen LogP contribution in [0.4, 0.5) is 0 Å². The Kier molecular flexibility index (Phi) is 5.31. The van der Waals surface area contributed by atoms with E-state index in [1.807, 2.05) is 48.6 Å². The van der Waals surface area contributed by atoms with Crippen molar-refractivity contribution in [3.63, 3.8) is 0 Å². The van der Waals surface area contributed by atoms with Crippen molar-refractivity contribution in [1.82, 2.24) is 14.9 Å². The second-order valence-corrected chi connectivity index (χ2v) is 5.90.